The molecule has 1 saturated heterocycles. The van der Waals surface area contributed by atoms with Crippen molar-refractivity contribution in [1.29, 1.82) is 0 Å². The summed E-state index contributed by atoms with van der Waals surface area (Å²) in [5.74, 6) is 0.741. The molecule has 1 aromatic heterocycles. The molecule has 3 aromatic rings. The third-order valence-corrected chi connectivity index (χ3v) is 6.28. The van der Waals surface area contributed by atoms with Crippen molar-refractivity contribution in [3.63, 3.8) is 0 Å². The number of sulfonamides is 1. The van der Waals surface area contributed by atoms with E-state index >= 15 is 0 Å². The number of rotatable bonds is 8. The quantitative estimate of drug-likeness (QED) is 0.508. The number of benzene rings is 2. The molecule has 4 rings (SSSR count). The highest BCUT2D eigenvalue weighted by Crippen LogP contribution is 2.28. The first kappa shape index (κ1) is 24.6. The third-order valence-electron chi connectivity index (χ3n) is 5.72. The summed E-state index contributed by atoms with van der Waals surface area (Å²) in [4.78, 5) is 16.4. The SMILES string of the molecule is CCOc1cccc(-c2ccccc2CN2CCN(c3ccc(C(=O)NS(C)(=O)=O)nn3)CC2)c1. The van der Waals surface area contributed by atoms with Crippen LogP contribution in [0.15, 0.2) is 60.7 Å². The fraction of sp³-hybridized carbons (Fsp3) is 0.320. The van der Waals surface area contributed by atoms with Crippen molar-refractivity contribution >= 4 is 21.7 Å². The smallest absolute Gasteiger partial charge is 0.285 e. The van der Waals surface area contributed by atoms with Crippen LogP contribution in [0, 0.1) is 0 Å². The number of piperazine rings is 1. The van der Waals surface area contributed by atoms with Gasteiger partial charge >= 0.3 is 0 Å². The fourth-order valence-corrected chi connectivity index (χ4v) is 4.51. The van der Waals surface area contributed by atoms with Crippen LogP contribution in [-0.4, -0.2) is 68.5 Å². The molecule has 0 bridgehead atoms. The molecule has 1 fully saturated rings. The van der Waals surface area contributed by atoms with Crippen LogP contribution in [0.4, 0.5) is 5.82 Å². The van der Waals surface area contributed by atoms with Gasteiger partial charge < -0.3 is 9.64 Å². The summed E-state index contributed by atoms with van der Waals surface area (Å²) in [6.45, 7) is 6.69. The molecule has 2 aromatic carbocycles. The van der Waals surface area contributed by atoms with Gasteiger partial charge in [-0.2, -0.15) is 0 Å². The molecule has 1 aliphatic heterocycles. The second-order valence-electron chi connectivity index (χ2n) is 8.36. The Morgan fingerprint density at radius 3 is 2.46 bits per heavy atom. The zero-order valence-corrected chi connectivity index (χ0v) is 20.7. The third kappa shape index (κ3) is 6.55. The van der Waals surface area contributed by atoms with Crippen LogP contribution in [-0.2, 0) is 16.6 Å². The summed E-state index contributed by atoms with van der Waals surface area (Å²) < 4.78 is 30.0. The zero-order valence-electron chi connectivity index (χ0n) is 19.8. The topological polar surface area (TPSA) is 105 Å². The second-order valence-corrected chi connectivity index (χ2v) is 10.1. The minimum atomic E-state index is -3.65. The lowest BCUT2D eigenvalue weighted by molar-refractivity contribution is 0.0976. The van der Waals surface area contributed by atoms with E-state index < -0.39 is 15.9 Å². The van der Waals surface area contributed by atoms with Crippen LogP contribution in [0.25, 0.3) is 11.1 Å². The van der Waals surface area contributed by atoms with Gasteiger partial charge in [0.1, 0.15) is 5.75 Å². The first-order valence-electron chi connectivity index (χ1n) is 11.5. The molecular formula is C25H29N5O4S. The Kier molecular flexibility index (Phi) is 7.62. The van der Waals surface area contributed by atoms with Gasteiger partial charge in [0.2, 0.25) is 10.0 Å². The van der Waals surface area contributed by atoms with Crippen molar-refractivity contribution in [2.24, 2.45) is 0 Å². The highest BCUT2D eigenvalue weighted by atomic mass is 32.2. The van der Waals surface area contributed by atoms with E-state index in [0.29, 0.717) is 12.4 Å². The Hall–Kier alpha value is -3.50. The molecule has 2 heterocycles. The highest BCUT2D eigenvalue weighted by molar-refractivity contribution is 7.89. The molecule has 9 nitrogen and oxygen atoms in total. The maximum atomic E-state index is 11.9. The van der Waals surface area contributed by atoms with Crippen molar-refractivity contribution in [3.05, 3.63) is 71.9 Å². The number of carbonyl (C=O) groups is 1. The van der Waals surface area contributed by atoms with Gasteiger partial charge in [-0.05, 0) is 47.9 Å². The standard InChI is InChI=1S/C25H29N5O4S/c1-3-34-21-9-6-8-19(17-21)22-10-5-4-7-20(22)18-29-13-15-30(16-14-29)24-12-11-23(26-27-24)25(31)28-35(2,32)33/h4-12,17H,3,13-16,18H2,1-2H3,(H,28,31). The number of ether oxygens (including phenoxy) is 1. The van der Waals surface area contributed by atoms with E-state index in [1.165, 1.54) is 17.2 Å². The van der Waals surface area contributed by atoms with Gasteiger partial charge in [0, 0.05) is 32.7 Å². The Morgan fingerprint density at radius 1 is 1.00 bits per heavy atom. The van der Waals surface area contributed by atoms with E-state index in [4.69, 9.17) is 4.74 Å². The average Bonchev–Trinajstić information content (AvgIpc) is 2.84. The van der Waals surface area contributed by atoms with Gasteiger partial charge in [-0.3, -0.25) is 9.69 Å². The van der Waals surface area contributed by atoms with Gasteiger partial charge in [0.15, 0.2) is 11.5 Å². The minimum absolute atomic E-state index is 0.0391. The summed E-state index contributed by atoms with van der Waals surface area (Å²) >= 11 is 0. The van der Waals surface area contributed by atoms with Gasteiger partial charge in [-0.25, -0.2) is 13.1 Å². The van der Waals surface area contributed by atoms with Gasteiger partial charge in [0.25, 0.3) is 5.91 Å². The lowest BCUT2D eigenvalue weighted by Crippen LogP contribution is -2.46. The summed E-state index contributed by atoms with van der Waals surface area (Å²) in [6.07, 6.45) is 0.919. The van der Waals surface area contributed by atoms with Crippen LogP contribution in [0.2, 0.25) is 0 Å². The molecule has 1 amide bonds. The fourth-order valence-electron chi connectivity index (χ4n) is 4.07. The number of anilines is 1. The summed E-state index contributed by atoms with van der Waals surface area (Å²) in [5, 5.41) is 8.03. The van der Waals surface area contributed by atoms with E-state index in [1.54, 1.807) is 6.07 Å². The average molecular weight is 496 g/mol. The predicted octanol–water partition coefficient (Wildman–Crippen LogP) is 2.55. The molecule has 0 saturated carbocycles. The van der Waals surface area contributed by atoms with Gasteiger partial charge in [0.05, 0.1) is 12.9 Å². The van der Waals surface area contributed by atoms with Crippen LogP contribution in [0.1, 0.15) is 23.0 Å². The molecule has 35 heavy (non-hydrogen) atoms. The second kappa shape index (κ2) is 10.8. The summed E-state index contributed by atoms with van der Waals surface area (Å²) in [5.41, 5.74) is 3.56. The number of carbonyl (C=O) groups excluding carboxylic acids is 1. The summed E-state index contributed by atoms with van der Waals surface area (Å²) in [6, 6.07) is 19.8. The molecule has 0 atom stereocenters. The van der Waals surface area contributed by atoms with E-state index in [-0.39, 0.29) is 5.69 Å². The van der Waals surface area contributed by atoms with Gasteiger partial charge in [-0.1, -0.05) is 36.4 Å². The maximum absolute atomic E-state index is 11.9. The van der Waals surface area contributed by atoms with Crippen molar-refractivity contribution in [2.45, 2.75) is 13.5 Å². The Labute approximate surface area is 205 Å². The van der Waals surface area contributed by atoms with E-state index in [0.717, 1.165) is 50.3 Å². The lowest BCUT2D eigenvalue weighted by atomic mass is 9.99. The molecule has 10 heteroatoms. The van der Waals surface area contributed by atoms with Crippen molar-refractivity contribution < 1.29 is 17.9 Å². The maximum Gasteiger partial charge on any atom is 0.285 e. The van der Waals surface area contributed by atoms with Crippen LogP contribution >= 0.6 is 0 Å². The number of nitrogens with one attached hydrogen (secondary N) is 1. The molecule has 0 unspecified atom stereocenters. The number of nitrogens with zero attached hydrogens (tertiary/aromatic N) is 4. The zero-order chi connectivity index (χ0) is 24.8. The van der Waals surface area contributed by atoms with E-state index in [9.17, 15) is 13.2 Å². The first-order valence-corrected chi connectivity index (χ1v) is 13.4. The molecule has 0 aliphatic carbocycles. The Morgan fingerprint density at radius 2 is 1.77 bits per heavy atom. The van der Waals surface area contributed by atoms with Crippen molar-refractivity contribution in [2.75, 3.05) is 43.9 Å². The molecule has 0 spiro atoms. The Balaban J connectivity index is 1.38. The largest absolute Gasteiger partial charge is 0.494 e. The normalized spacial score (nSPS) is 14.5. The number of aromatic nitrogens is 2. The Bertz CT molecular complexity index is 1270. The molecule has 1 aliphatic rings. The molecule has 184 valence electrons. The number of hydrogen-bond donors (Lipinski definition) is 1. The molecule has 0 radical (unpaired) electrons. The van der Waals surface area contributed by atoms with Crippen molar-refractivity contribution in [1.82, 2.24) is 19.8 Å². The van der Waals surface area contributed by atoms with Gasteiger partial charge in [-0.15, -0.1) is 10.2 Å². The van der Waals surface area contributed by atoms with E-state index in [1.807, 2.05) is 23.8 Å². The monoisotopic (exact) mass is 495 g/mol. The summed E-state index contributed by atoms with van der Waals surface area (Å²) in [7, 11) is -3.65. The van der Waals surface area contributed by atoms with E-state index in [2.05, 4.69) is 56.4 Å². The lowest BCUT2D eigenvalue weighted by Gasteiger charge is -2.35. The number of hydrogen-bond acceptors (Lipinski definition) is 8. The van der Waals surface area contributed by atoms with Crippen molar-refractivity contribution in [3.8, 4) is 16.9 Å². The highest BCUT2D eigenvalue weighted by Gasteiger charge is 2.20. The number of amides is 1. The molecule has 1 N–H and O–H groups in total. The minimum Gasteiger partial charge on any atom is -0.494 e. The predicted molar refractivity (Wildman–Crippen MR) is 135 cm³/mol. The van der Waals surface area contributed by atoms with Crippen LogP contribution in [0.3, 0.4) is 0 Å². The van der Waals surface area contributed by atoms with Crippen LogP contribution in [0.5, 0.6) is 5.75 Å². The van der Waals surface area contributed by atoms with Crippen LogP contribution < -0.4 is 14.4 Å². The molecular weight excluding hydrogens is 466 g/mol. The first-order chi connectivity index (χ1) is 16.8.